The van der Waals surface area contributed by atoms with Gasteiger partial charge in [-0.15, -0.1) is 0 Å². The fourth-order valence-electron chi connectivity index (χ4n) is 6.84. The van der Waals surface area contributed by atoms with Gasteiger partial charge in [0.15, 0.2) is 5.78 Å². The number of hydrogen-bond donors (Lipinski definition) is 2. The molecule has 2 aliphatic carbocycles. The molecule has 4 unspecified atom stereocenters. The number of allylic oxidation sites excluding steroid dienone is 2. The number of hydrogen-bond acceptors (Lipinski definition) is 6. The number of carboxylic acid groups (broad SMARTS) is 1. The summed E-state index contributed by atoms with van der Waals surface area (Å²) in [5.74, 6) is -4.18. The smallest absolute Gasteiger partial charge is 0.306 e. The molecule has 0 aliphatic heterocycles. The van der Waals surface area contributed by atoms with Crippen LogP contribution in [0.15, 0.2) is 60.2 Å². The number of aliphatic carboxylic acids is 1. The van der Waals surface area contributed by atoms with Crippen molar-refractivity contribution in [3.8, 4) is 28.0 Å². The average molecular weight is 658 g/mol. The van der Waals surface area contributed by atoms with Crippen LogP contribution in [-0.2, 0) is 32.0 Å². The number of methoxy groups -OCH3 is 1. The van der Waals surface area contributed by atoms with Gasteiger partial charge in [0.2, 0.25) is 5.78 Å². The van der Waals surface area contributed by atoms with E-state index in [1.807, 2.05) is 37.3 Å². The van der Waals surface area contributed by atoms with Gasteiger partial charge in [-0.1, -0.05) is 61.0 Å². The molecule has 0 bridgehead atoms. The molecular weight excluding hydrogens is 621 g/mol. The van der Waals surface area contributed by atoms with Crippen LogP contribution in [0.4, 0.5) is 4.39 Å². The van der Waals surface area contributed by atoms with Crippen molar-refractivity contribution in [2.45, 2.75) is 52.9 Å². The molecule has 0 aromatic heterocycles. The molecule has 0 radical (unpaired) electrons. The van der Waals surface area contributed by atoms with Crippen LogP contribution in [0.5, 0.6) is 5.75 Å². The molecule has 2 aliphatic rings. The molecule has 5 rings (SSSR count). The second-order valence-corrected chi connectivity index (χ2v) is 13.0. The first-order valence-electron chi connectivity index (χ1n) is 15.7. The summed E-state index contributed by atoms with van der Waals surface area (Å²) in [6.07, 6.45) is 3.55. The summed E-state index contributed by atoms with van der Waals surface area (Å²) < 4.78 is 21.2. The van der Waals surface area contributed by atoms with Crippen molar-refractivity contribution in [3.05, 3.63) is 87.7 Å². The van der Waals surface area contributed by atoms with E-state index in [4.69, 9.17) is 21.7 Å². The number of halogens is 2. The highest BCUT2D eigenvalue weighted by Gasteiger charge is 2.36. The maximum absolute atomic E-state index is 15.6. The van der Waals surface area contributed by atoms with Crippen molar-refractivity contribution in [3.63, 3.8) is 0 Å². The van der Waals surface area contributed by atoms with E-state index >= 15 is 4.39 Å². The minimum Gasteiger partial charge on any atom is -0.496 e. The summed E-state index contributed by atoms with van der Waals surface area (Å²) in [6.45, 7) is 5.00. The standard InChI is InChI=1S/C38H37ClFNO6/c1-19-13-30(36(43)21(3)35(19)42)37(44)32(41)17-23-7-5-8-26(20(23)2)28-10-6-9-27(34(28)39)25-16-31(40)29(33(18-25)47-4)15-22-11-12-24(14-22)38(45)46/h5-10,13,16,18-19,21-22,24,41H,11-12,14-15,17H2,1-4H3,(H,45,46). The zero-order chi connectivity index (χ0) is 34.2. The van der Waals surface area contributed by atoms with Crippen LogP contribution in [0, 0.1) is 41.8 Å². The number of rotatable bonds is 10. The van der Waals surface area contributed by atoms with Crippen LogP contribution in [0.1, 0.15) is 49.8 Å². The number of carboxylic acids is 1. The zero-order valence-electron chi connectivity index (χ0n) is 26.8. The lowest BCUT2D eigenvalue weighted by atomic mass is 9.79. The van der Waals surface area contributed by atoms with Gasteiger partial charge in [0.05, 0.1) is 35.3 Å². The van der Waals surface area contributed by atoms with Crippen molar-refractivity contribution < 1.29 is 33.4 Å². The predicted molar refractivity (Wildman–Crippen MR) is 179 cm³/mol. The molecule has 0 spiro atoms. The third kappa shape index (κ3) is 6.70. The average Bonchev–Trinajstić information content (AvgIpc) is 3.53. The highest BCUT2D eigenvalue weighted by molar-refractivity contribution is 6.52. The summed E-state index contributed by atoms with van der Waals surface area (Å²) in [6, 6.07) is 14.1. The van der Waals surface area contributed by atoms with E-state index in [2.05, 4.69) is 0 Å². The van der Waals surface area contributed by atoms with Crippen LogP contribution >= 0.6 is 11.6 Å². The SMILES string of the molecule is COc1cc(-c2cccc(-c3cccc(CC(=N)C(=O)C4=CC(C)C(=O)C(C)C4=O)c3C)c2Cl)cc(F)c1CC1CCC(C(=O)O)C1. The second kappa shape index (κ2) is 13.7. The van der Waals surface area contributed by atoms with E-state index in [0.29, 0.717) is 57.9 Å². The number of carbonyl (C=O) groups excluding carboxylic acids is 3. The first-order chi connectivity index (χ1) is 22.3. The van der Waals surface area contributed by atoms with Gasteiger partial charge in [0, 0.05) is 29.0 Å². The number of benzene rings is 3. The van der Waals surface area contributed by atoms with Crippen molar-refractivity contribution in [1.29, 1.82) is 5.41 Å². The molecule has 9 heteroatoms. The zero-order valence-corrected chi connectivity index (χ0v) is 27.5. The lowest BCUT2D eigenvalue weighted by Crippen LogP contribution is -2.36. The van der Waals surface area contributed by atoms with Gasteiger partial charge in [-0.25, -0.2) is 4.39 Å². The molecule has 2 N–H and O–H groups in total. The maximum atomic E-state index is 15.6. The van der Waals surface area contributed by atoms with E-state index in [1.165, 1.54) is 26.2 Å². The number of ketones is 3. The van der Waals surface area contributed by atoms with Crippen LogP contribution in [-0.4, -0.2) is 41.2 Å². The van der Waals surface area contributed by atoms with E-state index in [1.54, 1.807) is 19.1 Å². The first kappa shape index (κ1) is 33.9. The number of nitrogens with one attached hydrogen (secondary N) is 1. The number of carbonyl (C=O) groups is 4. The normalized spacial score (nSPS) is 21.0. The topological polar surface area (TPSA) is 122 Å². The highest BCUT2D eigenvalue weighted by atomic mass is 35.5. The minimum atomic E-state index is -0.912. The minimum absolute atomic E-state index is 0.0186. The van der Waals surface area contributed by atoms with Crippen molar-refractivity contribution in [1.82, 2.24) is 0 Å². The Labute approximate surface area is 278 Å². The number of Topliss-reactive ketones (excluding diaryl/α,β-unsaturated/α-hetero) is 3. The van der Waals surface area contributed by atoms with Gasteiger partial charge in [-0.2, -0.15) is 0 Å². The summed E-state index contributed by atoms with van der Waals surface area (Å²) in [5.41, 5.74) is 4.12. The maximum Gasteiger partial charge on any atom is 0.306 e. The Morgan fingerprint density at radius 2 is 1.72 bits per heavy atom. The summed E-state index contributed by atoms with van der Waals surface area (Å²) >= 11 is 7.00. The van der Waals surface area contributed by atoms with E-state index in [-0.39, 0.29) is 29.4 Å². The van der Waals surface area contributed by atoms with Gasteiger partial charge in [-0.3, -0.25) is 19.2 Å². The Kier molecular flexibility index (Phi) is 9.92. The van der Waals surface area contributed by atoms with Crippen molar-refractivity contribution >= 4 is 40.6 Å². The van der Waals surface area contributed by atoms with E-state index in [9.17, 15) is 24.3 Å². The Balaban J connectivity index is 1.42. The molecular formula is C38H37ClFNO6. The van der Waals surface area contributed by atoms with Gasteiger partial charge in [0.1, 0.15) is 17.3 Å². The summed E-state index contributed by atoms with van der Waals surface area (Å²) in [7, 11) is 1.48. The van der Waals surface area contributed by atoms with Crippen molar-refractivity contribution in [2.24, 2.45) is 23.7 Å². The fourth-order valence-corrected chi connectivity index (χ4v) is 7.18. The van der Waals surface area contributed by atoms with Crippen molar-refractivity contribution in [2.75, 3.05) is 7.11 Å². The van der Waals surface area contributed by atoms with Crippen LogP contribution < -0.4 is 4.74 Å². The van der Waals surface area contributed by atoms with Gasteiger partial charge in [-0.05, 0) is 79.8 Å². The Morgan fingerprint density at radius 3 is 2.40 bits per heavy atom. The van der Waals surface area contributed by atoms with Gasteiger partial charge in [0.25, 0.3) is 0 Å². The van der Waals surface area contributed by atoms with Crippen LogP contribution in [0.2, 0.25) is 5.02 Å². The molecule has 3 aromatic rings. The Bertz CT molecular complexity index is 1850. The molecule has 0 heterocycles. The Hall–Kier alpha value is -4.43. The molecule has 4 atom stereocenters. The summed E-state index contributed by atoms with van der Waals surface area (Å²) in [4.78, 5) is 49.5. The molecule has 7 nitrogen and oxygen atoms in total. The largest absolute Gasteiger partial charge is 0.496 e. The molecule has 0 saturated heterocycles. The Morgan fingerprint density at radius 1 is 1.04 bits per heavy atom. The monoisotopic (exact) mass is 657 g/mol. The third-order valence-corrected chi connectivity index (χ3v) is 10.0. The van der Waals surface area contributed by atoms with Gasteiger partial charge >= 0.3 is 5.97 Å². The van der Waals surface area contributed by atoms with Gasteiger partial charge < -0.3 is 15.3 Å². The van der Waals surface area contributed by atoms with Crippen LogP contribution in [0.3, 0.4) is 0 Å². The number of ether oxygens (including phenoxy) is 1. The quantitative estimate of drug-likeness (QED) is 0.131. The predicted octanol–water partition coefficient (Wildman–Crippen LogP) is 7.66. The van der Waals surface area contributed by atoms with Crippen LogP contribution in [0.25, 0.3) is 22.3 Å². The molecule has 244 valence electrons. The third-order valence-electron chi connectivity index (χ3n) is 9.64. The second-order valence-electron chi connectivity index (χ2n) is 12.7. The first-order valence-corrected chi connectivity index (χ1v) is 16.1. The molecule has 0 amide bonds. The van der Waals surface area contributed by atoms with E-state index < -0.39 is 41.1 Å². The molecule has 3 aromatic carbocycles. The fraction of sp³-hybridized carbons (Fsp3) is 0.342. The molecule has 1 fully saturated rings. The lowest BCUT2D eigenvalue weighted by molar-refractivity contribution is -0.141. The molecule has 47 heavy (non-hydrogen) atoms. The summed E-state index contributed by atoms with van der Waals surface area (Å²) in [5, 5.41) is 18.3. The van der Waals surface area contributed by atoms with E-state index in [0.717, 1.165) is 17.5 Å². The molecule has 1 saturated carbocycles. The highest BCUT2D eigenvalue weighted by Crippen LogP contribution is 2.42. The lowest BCUT2D eigenvalue weighted by Gasteiger charge is -2.21.